The lowest BCUT2D eigenvalue weighted by Gasteiger charge is -2.42. The molecule has 2 saturated heterocycles. The average Bonchev–Trinajstić information content (AvgIpc) is 2.32. The molecule has 0 spiro atoms. The van der Waals surface area contributed by atoms with Crippen molar-refractivity contribution in [2.45, 2.75) is 25.5 Å². The van der Waals surface area contributed by atoms with Crippen LogP contribution in [0.5, 0.6) is 0 Å². The van der Waals surface area contributed by atoms with Crippen molar-refractivity contribution >= 4 is 15.8 Å². The first-order chi connectivity index (χ1) is 9.19. The van der Waals surface area contributed by atoms with Gasteiger partial charge in [0, 0.05) is 32.1 Å². The van der Waals surface area contributed by atoms with E-state index in [4.69, 9.17) is 4.74 Å². The Morgan fingerprint density at radius 2 is 2.00 bits per heavy atom. The lowest BCUT2D eigenvalue weighted by molar-refractivity contribution is -0.0972. The zero-order valence-electron chi connectivity index (χ0n) is 12.8. The molecule has 0 saturated carbocycles. The van der Waals surface area contributed by atoms with E-state index in [0.29, 0.717) is 13.1 Å². The molecule has 0 amide bonds. The third-order valence-electron chi connectivity index (χ3n) is 4.13. The largest absolute Gasteiger partial charge is 0.380 e. The topological polar surface area (TPSA) is 71.0 Å². The smallest absolute Gasteiger partial charge is 0.193 e. The summed E-state index contributed by atoms with van der Waals surface area (Å²) in [6.07, 6.45) is 0. The summed E-state index contributed by atoms with van der Waals surface area (Å²) in [7, 11) is -1.28. The highest BCUT2D eigenvalue weighted by atomic mass is 32.2. The van der Waals surface area contributed by atoms with Gasteiger partial charge in [0.25, 0.3) is 0 Å². The summed E-state index contributed by atoms with van der Waals surface area (Å²) in [5, 5.41) is 3.35. The van der Waals surface area contributed by atoms with Crippen LogP contribution in [0.15, 0.2) is 4.99 Å². The Labute approximate surface area is 121 Å². The fourth-order valence-electron chi connectivity index (χ4n) is 2.50. The maximum Gasteiger partial charge on any atom is 0.193 e. The highest BCUT2D eigenvalue weighted by molar-refractivity contribution is 7.92. The highest BCUT2D eigenvalue weighted by Gasteiger charge is 2.41. The third-order valence-corrected chi connectivity index (χ3v) is 6.66. The molecule has 2 aliphatic rings. The van der Waals surface area contributed by atoms with Crippen LogP contribution in [0.25, 0.3) is 0 Å². The minimum Gasteiger partial charge on any atom is -0.380 e. The number of nitrogens with zero attached hydrogens (tertiary/aromatic N) is 2. The Morgan fingerprint density at radius 1 is 1.35 bits per heavy atom. The molecule has 0 aromatic heterocycles. The van der Waals surface area contributed by atoms with Crippen LogP contribution in [-0.4, -0.2) is 69.7 Å². The van der Waals surface area contributed by atoms with Crippen molar-refractivity contribution in [2.24, 2.45) is 10.4 Å². The van der Waals surface area contributed by atoms with Gasteiger partial charge >= 0.3 is 0 Å². The van der Waals surface area contributed by atoms with Crippen LogP contribution in [-0.2, 0) is 14.6 Å². The minimum atomic E-state index is -3.02. The van der Waals surface area contributed by atoms with E-state index in [1.807, 2.05) is 4.90 Å². The second kappa shape index (κ2) is 5.18. The molecule has 20 heavy (non-hydrogen) atoms. The molecule has 2 rings (SSSR count). The van der Waals surface area contributed by atoms with Crippen LogP contribution < -0.4 is 5.32 Å². The summed E-state index contributed by atoms with van der Waals surface area (Å²) in [4.78, 5) is 6.31. The number of sulfone groups is 1. The molecule has 0 radical (unpaired) electrons. The van der Waals surface area contributed by atoms with Gasteiger partial charge in [-0.05, 0) is 13.8 Å². The zero-order chi connectivity index (χ0) is 15.0. The van der Waals surface area contributed by atoms with Crippen molar-refractivity contribution in [2.75, 3.05) is 45.6 Å². The Kier molecular flexibility index (Phi) is 4.03. The Bertz CT molecular complexity index is 495. The van der Waals surface area contributed by atoms with Crippen LogP contribution in [0.2, 0.25) is 0 Å². The zero-order valence-corrected chi connectivity index (χ0v) is 13.6. The number of hydrogen-bond acceptors (Lipinski definition) is 4. The highest BCUT2D eigenvalue weighted by Crippen LogP contribution is 2.26. The normalized spacial score (nSPS) is 27.8. The SMILES string of the molecule is CN=C(NCC1(C)COC1)N1CCS(=O)(=O)C(C)(C)C1. The molecule has 0 bridgehead atoms. The van der Waals surface area contributed by atoms with E-state index in [9.17, 15) is 8.42 Å². The van der Waals surface area contributed by atoms with Crippen LogP contribution in [0.3, 0.4) is 0 Å². The summed E-state index contributed by atoms with van der Waals surface area (Å²) in [6.45, 7) is 9.02. The number of ether oxygens (including phenoxy) is 1. The van der Waals surface area contributed by atoms with Gasteiger partial charge in [0.1, 0.15) is 0 Å². The number of guanidine groups is 1. The monoisotopic (exact) mass is 303 g/mol. The van der Waals surface area contributed by atoms with Gasteiger partial charge < -0.3 is 15.0 Å². The number of hydrogen-bond donors (Lipinski definition) is 1. The van der Waals surface area contributed by atoms with Gasteiger partial charge in [-0.2, -0.15) is 0 Å². The lowest BCUT2D eigenvalue weighted by Crippen LogP contribution is -2.59. The second-order valence-corrected chi connectivity index (χ2v) is 9.45. The van der Waals surface area contributed by atoms with E-state index < -0.39 is 14.6 Å². The van der Waals surface area contributed by atoms with Crippen LogP contribution in [0.1, 0.15) is 20.8 Å². The maximum absolute atomic E-state index is 12.0. The second-order valence-electron chi connectivity index (χ2n) is 6.70. The molecule has 1 N–H and O–H groups in total. The maximum atomic E-state index is 12.0. The first kappa shape index (κ1) is 15.6. The van der Waals surface area contributed by atoms with Gasteiger partial charge in [0.2, 0.25) is 0 Å². The molecule has 116 valence electrons. The first-order valence-corrected chi connectivity index (χ1v) is 8.60. The summed E-state index contributed by atoms with van der Waals surface area (Å²) in [6, 6.07) is 0. The molecule has 0 atom stereocenters. The molecule has 7 heteroatoms. The van der Waals surface area contributed by atoms with Crippen LogP contribution in [0, 0.1) is 5.41 Å². The van der Waals surface area contributed by atoms with Crippen LogP contribution >= 0.6 is 0 Å². The molecule has 2 aliphatic heterocycles. The number of rotatable bonds is 2. The Balaban J connectivity index is 1.99. The van der Waals surface area contributed by atoms with Gasteiger partial charge in [-0.1, -0.05) is 6.92 Å². The molecular formula is C13H25N3O3S. The standard InChI is InChI=1S/C13H25N3O3S/c1-12(2)8-16(5-6-20(12,17)18)11(14-4)15-7-13(3)9-19-10-13/h5-10H2,1-4H3,(H,14,15). The summed E-state index contributed by atoms with van der Waals surface area (Å²) < 4.78 is 28.6. The molecule has 2 fully saturated rings. The predicted octanol–water partition coefficient (Wildman–Crippen LogP) is 0.107. The summed E-state index contributed by atoms with van der Waals surface area (Å²) in [5.74, 6) is 0.960. The van der Waals surface area contributed by atoms with E-state index in [1.165, 1.54) is 0 Å². The quantitative estimate of drug-likeness (QED) is 0.579. The summed E-state index contributed by atoms with van der Waals surface area (Å²) >= 11 is 0. The lowest BCUT2D eigenvalue weighted by atomic mass is 9.89. The van der Waals surface area contributed by atoms with Crippen molar-refractivity contribution in [1.29, 1.82) is 0 Å². The van der Waals surface area contributed by atoms with E-state index >= 15 is 0 Å². The molecule has 0 aliphatic carbocycles. The third kappa shape index (κ3) is 2.93. The number of nitrogens with one attached hydrogen (secondary N) is 1. The van der Waals surface area contributed by atoms with Gasteiger partial charge in [-0.25, -0.2) is 8.42 Å². The fourth-order valence-corrected chi connectivity index (χ4v) is 3.87. The van der Waals surface area contributed by atoms with Crippen molar-refractivity contribution in [1.82, 2.24) is 10.2 Å². The molecule has 2 heterocycles. The van der Waals surface area contributed by atoms with Gasteiger partial charge in [0.05, 0.1) is 23.7 Å². The van der Waals surface area contributed by atoms with E-state index in [0.717, 1.165) is 25.7 Å². The van der Waals surface area contributed by atoms with Crippen molar-refractivity contribution in [3.8, 4) is 0 Å². The number of aliphatic imine (C=N–C) groups is 1. The fraction of sp³-hybridized carbons (Fsp3) is 0.923. The first-order valence-electron chi connectivity index (χ1n) is 6.95. The van der Waals surface area contributed by atoms with Crippen LogP contribution in [0.4, 0.5) is 0 Å². The van der Waals surface area contributed by atoms with E-state index in [1.54, 1.807) is 20.9 Å². The Hall–Kier alpha value is -0.820. The summed E-state index contributed by atoms with van der Waals surface area (Å²) in [5.41, 5.74) is 0.160. The predicted molar refractivity (Wildman–Crippen MR) is 79.7 cm³/mol. The van der Waals surface area contributed by atoms with Crippen molar-refractivity contribution in [3.63, 3.8) is 0 Å². The van der Waals surface area contributed by atoms with Crippen molar-refractivity contribution in [3.05, 3.63) is 0 Å². The molecule has 0 unspecified atom stereocenters. The van der Waals surface area contributed by atoms with E-state index in [2.05, 4.69) is 17.2 Å². The molecular weight excluding hydrogens is 278 g/mol. The molecule has 6 nitrogen and oxygen atoms in total. The Morgan fingerprint density at radius 3 is 2.45 bits per heavy atom. The van der Waals surface area contributed by atoms with E-state index in [-0.39, 0.29) is 11.2 Å². The molecule has 0 aromatic rings. The van der Waals surface area contributed by atoms with Gasteiger partial charge in [0.15, 0.2) is 15.8 Å². The van der Waals surface area contributed by atoms with Crippen molar-refractivity contribution < 1.29 is 13.2 Å². The van der Waals surface area contributed by atoms with Gasteiger partial charge in [-0.15, -0.1) is 0 Å². The average molecular weight is 303 g/mol. The molecule has 0 aromatic carbocycles. The van der Waals surface area contributed by atoms with Gasteiger partial charge in [-0.3, -0.25) is 4.99 Å². The minimum absolute atomic E-state index is 0.160.